The fourth-order valence-corrected chi connectivity index (χ4v) is 1.72. The number of carbonyl (C=O) groups excluding carboxylic acids is 1. The maximum atomic E-state index is 12.4. The normalized spacial score (nSPS) is 12.0. The molecule has 1 aromatic rings. The van der Waals surface area contributed by atoms with Crippen LogP contribution in [0.3, 0.4) is 0 Å². The first kappa shape index (κ1) is 14.8. The van der Waals surface area contributed by atoms with E-state index in [9.17, 15) is 18.0 Å². The van der Waals surface area contributed by atoms with E-state index in [1.807, 2.05) is 0 Å². The van der Waals surface area contributed by atoms with E-state index in [4.69, 9.17) is 0 Å². The molecule has 1 aromatic heterocycles. The van der Waals surface area contributed by atoms with Gasteiger partial charge in [0.05, 0.1) is 5.69 Å². The molecule has 0 aliphatic rings. The van der Waals surface area contributed by atoms with Gasteiger partial charge < -0.3 is 0 Å². The first-order valence-corrected chi connectivity index (χ1v) is 6.22. The lowest BCUT2D eigenvalue weighted by molar-refractivity contribution is -0.141. The molecule has 1 heterocycles. The van der Waals surface area contributed by atoms with Gasteiger partial charge in [-0.3, -0.25) is 4.79 Å². The van der Waals surface area contributed by atoms with Crippen LogP contribution in [0.25, 0.3) is 6.08 Å². The lowest BCUT2D eigenvalue weighted by Gasteiger charge is -2.05. The van der Waals surface area contributed by atoms with Gasteiger partial charge in [0.2, 0.25) is 0 Å². The van der Waals surface area contributed by atoms with Gasteiger partial charge in [-0.15, -0.1) is 0 Å². The zero-order chi connectivity index (χ0) is 13.6. The lowest BCUT2D eigenvalue weighted by Crippen LogP contribution is -2.07. The summed E-state index contributed by atoms with van der Waals surface area (Å²) in [5.74, 6) is 0.616. The van der Waals surface area contributed by atoms with Crippen LogP contribution < -0.4 is 0 Å². The fourth-order valence-electron chi connectivity index (χ4n) is 1.18. The molecule has 0 saturated heterocycles. The summed E-state index contributed by atoms with van der Waals surface area (Å²) in [5, 5.41) is 0.0283. The molecule has 0 aromatic carbocycles. The average molecular weight is 275 g/mol. The maximum Gasteiger partial charge on any atom is 0.433 e. The van der Waals surface area contributed by atoms with Gasteiger partial charge >= 0.3 is 6.18 Å². The van der Waals surface area contributed by atoms with Gasteiger partial charge in [0.1, 0.15) is 5.69 Å². The number of aromatic nitrogens is 1. The van der Waals surface area contributed by atoms with E-state index in [0.29, 0.717) is 12.2 Å². The number of halogens is 3. The zero-order valence-electron chi connectivity index (χ0n) is 9.70. The van der Waals surface area contributed by atoms with Crippen LogP contribution in [-0.2, 0) is 11.0 Å². The molecule has 98 valence electrons. The van der Waals surface area contributed by atoms with E-state index < -0.39 is 11.9 Å². The minimum atomic E-state index is -4.42. The number of allylic oxidation sites excluding steroid dienone is 1. The van der Waals surface area contributed by atoms with Gasteiger partial charge in [0, 0.05) is 12.7 Å². The number of carbonyl (C=O) groups is 1. The molecular weight excluding hydrogens is 263 g/mol. The summed E-state index contributed by atoms with van der Waals surface area (Å²) in [7, 11) is 0. The summed E-state index contributed by atoms with van der Waals surface area (Å²) >= 11 is 1.18. The fraction of sp³-hybridized carbons (Fsp3) is 0.333. The van der Waals surface area contributed by atoms with E-state index >= 15 is 0 Å². The Balaban J connectivity index is 2.57. The van der Waals surface area contributed by atoms with Crippen LogP contribution in [0.1, 0.15) is 24.7 Å². The summed E-state index contributed by atoms with van der Waals surface area (Å²) in [6.07, 6.45) is -0.579. The topological polar surface area (TPSA) is 30.0 Å². The Morgan fingerprint density at radius 1 is 1.44 bits per heavy atom. The van der Waals surface area contributed by atoms with Crippen molar-refractivity contribution in [2.24, 2.45) is 0 Å². The Labute approximate surface area is 107 Å². The third-order valence-corrected chi connectivity index (χ3v) is 2.79. The van der Waals surface area contributed by atoms with Crippen molar-refractivity contribution in [3.8, 4) is 0 Å². The molecule has 0 amide bonds. The number of pyridine rings is 1. The molecular formula is C12H12F3NOS. The molecule has 0 fully saturated rings. The van der Waals surface area contributed by atoms with Crippen molar-refractivity contribution < 1.29 is 18.0 Å². The second-order valence-corrected chi connectivity index (χ2v) is 4.75. The molecule has 0 saturated carbocycles. The predicted octanol–water partition coefficient (Wildman–Crippen LogP) is 3.78. The standard InChI is InChI=1S/C12H12F3NOS/c1-9(17)18-8-3-2-5-10-6-4-7-11(16-10)12(13,14)15/h2,4-7H,3,8H2,1H3. The lowest BCUT2D eigenvalue weighted by atomic mass is 10.2. The molecule has 0 unspecified atom stereocenters. The van der Waals surface area contributed by atoms with Gasteiger partial charge in [-0.2, -0.15) is 13.2 Å². The average Bonchev–Trinajstić information content (AvgIpc) is 2.27. The second-order valence-electron chi connectivity index (χ2n) is 3.48. The Kier molecular flexibility index (Phi) is 5.40. The number of hydrogen-bond donors (Lipinski definition) is 0. The van der Waals surface area contributed by atoms with E-state index in [1.54, 1.807) is 6.08 Å². The SMILES string of the molecule is CC(=O)SCCC=Cc1cccc(C(F)(F)F)n1. The molecule has 1 rings (SSSR count). The van der Waals surface area contributed by atoms with Gasteiger partial charge in [-0.05, 0) is 24.6 Å². The minimum Gasteiger partial charge on any atom is -0.288 e. The smallest absolute Gasteiger partial charge is 0.288 e. The summed E-state index contributed by atoms with van der Waals surface area (Å²) in [5.41, 5.74) is -0.639. The Hall–Kier alpha value is -1.30. The third-order valence-electron chi connectivity index (χ3n) is 1.94. The Bertz CT molecular complexity index is 443. The summed E-state index contributed by atoms with van der Waals surface area (Å²) in [6, 6.07) is 3.76. The number of thioether (sulfide) groups is 1. The third kappa shape index (κ3) is 5.35. The number of hydrogen-bond acceptors (Lipinski definition) is 3. The van der Waals surface area contributed by atoms with Crippen LogP contribution in [0.5, 0.6) is 0 Å². The van der Waals surface area contributed by atoms with E-state index in [2.05, 4.69) is 4.98 Å². The van der Waals surface area contributed by atoms with Gasteiger partial charge in [-0.1, -0.05) is 23.9 Å². The molecule has 0 radical (unpaired) electrons. The van der Waals surface area contributed by atoms with Gasteiger partial charge in [0.25, 0.3) is 0 Å². The molecule has 0 aliphatic heterocycles. The van der Waals surface area contributed by atoms with E-state index in [0.717, 1.165) is 6.07 Å². The summed E-state index contributed by atoms with van der Waals surface area (Å²) < 4.78 is 37.1. The molecule has 0 bridgehead atoms. The molecule has 0 aliphatic carbocycles. The van der Waals surface area contributed by atoms with Crippen LogP contribution in [0.15, 0.2) is 24.3 Å². The molecule has 0 spiro atoms. The highest BCUT2D eigenvalue weighted by molar-refractivity contribution is 8.13. The highest BCUT2D eigenvalue weighted by Gasteiger charge is 2.32. The second kappa shape index (κ2) is 6.58. The van der Waals surface area contributed by atoms with Crippen LogP contribution in [-0.4, -0.2) is 15.9 Å². The van der Waals surface area contributed by atoms with Crippen molar-refractivity contribution in [3.05, 3.63) is 35.7 Å². The first-order valence-electron chi connectivity index (χ1n) is 5.24. The largest absolute Gasteiger partial charge is 0.433 e. The maximum absolute atomic E-state index is 12.4. The number of alkyl halides is 3. The molecule has 6 heteroatoms. The highest BCUT2D eigenvalue weighted by Crippen LogP contribution is 2.27. The minimum absolute atomic E-state index is 0.0283. The molecule has 0 N–H and O–H groups in total. The Morgan fingerprint density at radius 2 is 2.17 bits per heavy atom. The van der Waals surface area contributed by atoms with Crippen molar-refractivity contribution in [3.63, 3.8) is 0 Å². The van der Waals surface area contributed by atoms with Crippen LogP contribution in [0.2, 0.25) is 0 Å². The van der Waals surface area contributed by atoms with Crippen LogP contribution >= 0.6 is 11.8 Å². The monoisotopic (exact) mass is 275 g/mol. The summed E-state index contributed by atoms with van der Waals surface area (Å²) in [4.78, 5) is 14.1. The molecule has 18 heavy (non-hydrogen) atoms. The van der Waals surface area contributed by atoms with Gasteiger partial charge in [0.15, 0.2) is 5.12 Å². The first-order chi connectivity index (χ1) is 8.39. The van der Waals surface area contributed by atoms with Gasteiger partial charge in [-0.25, -0.2) is 4.98 Å². The molecule has 0 atom stereocenters. The zero-order valence-corrected chi connectivity index (χ0v) is 10.5. The summed E-state index contributed by atoms with van der Waals surface area (Å²) in [6.45, 7) is 1.47. The van der Waals surface area contributed by atoms with E-state index in [1.165, 1.54) is 36.9 Å². The number of nitrogens with zero attached hydrogens (tertiary/aromatic N) is 1. The number of rotatable bonds is 4. The highest BCUT2D eigenvalue weighted by atomic mass is 32.2. The van der Waals surface area contributed by atoms with Crippen molar-refractivity contribution in [2.45, 2.75) is 19.5 Å². The predicted molar refractivity (Wildman–Crippen MR) is 66.0 cm³/mol. The van der Waals surface area contributed by atoms with Crippen molar-refractivity contribution in [1.82, 2.24) is 4.98 Å². The van der Waals surface area contributed by atoms with Crippen LogP contribution in [0.4, 0.5) is 13.2 Å². The molecule has 2 nitrogen and oxygen atoms in total. The van der Waals surface area contributed by atoms with Crippen LogP contribution in [0, 0.1) is 0 Å². The quantitative estimate of drug-likeness (QED) is 0.783. The van der Waals surface area contributed by atoms with E-state index in [-0.39, 0.29) is 10.8 Å². The van der Waals surface area contributed by atoms with Crippen molar-refractivity contribution in [2.75, 3.05) is 5.75 Å². The van der Waals surface area contributed by atoms with Crippen molar-refractivity contribution >= 4 is 23.0 Å². The van der Waals surface area contributed by atoms with Crippen molar-refractivity contribution in [1.29, 1.82) is 0 Å². The Morgan fingerprint density at radius 3 is 2.78 bits per heavy atom.